The molecule has 1 N–H and O–H groups in total. The minimum absolute atomic E-state index is 0.174. The number of fused-ring (bicyclic) bond motifs is 2. The highest BCUT2D eigenvalue weighted by atomic mass is 16.5. The summed E-state index contributed by atoms with van der Waals surface area (Å²) in [5, 5.41) is 10.0. The number of carboxylic acids is 1. The van der Waals surface area contributed by atoms with Crippen LogP contribution in [0.3, 0.4) is 0 Å². The molecule has 0 unspecified atom stereocenters. The van der Waals surface area contributed by atoms with Crippen LogP contribution in [0.2, 0.25) is 0 Å². The summed E-state index contributed by atoms with van der Waals surface area (Å²) >= 11 is 0. The molecule has 0 aromatic heterocycles. The lowest BCUT2D eigenvalue weighted by Gasteiger charge is -2.36. The first-order valence-corrected chi connectivity index (χ1v) is 12.6. The molecule has 182 valence electrons. The number of likely N-dealkylation sites (N-methyl/N-ethyl adjacent to an activating group) is 1. The fraction of sp³-hybridized carbons (Fsp3) is 0.536. The third-order valence-electron chi connectivity index (χ3n) is 8.20. The zero-order chi connectivity index (χ0) is 23.9. The quantitative estimate of drug-likeness (QED) is 0.682. The smallest absolute Gasteiger partial charge is 0.336 e. The van der Waals surface area contributed by atoms with Gasteiger partial charge in [-0.2, -0.15) is 0 Å². The molecular formula is C28H36N2O4. The summed E-state index contributed by atoms with van der Waals surface area (Å²) in [5.74, 6) is -0.872. The highest BCUT2D eigenvalue weighted by molar-refractivity contribution is 5.94. The summed E-state index contributed by atoms with van der Waals surface area (Å²) in [6, 6.07) is 11.1. The topological polar surface area (TPSA) is 62.2 Å². The minimum Gasteiger partial charge on any atom is -0.478 e. The second kappa shape index (κ2) is 9.23. The summed E-state index contributed by atoms with van der Waals surface area (Å²) in [6.07, 6.45) is 4.04. The van der Waals surface area contributed by atoms with Crippen LogP contribution in [0.15, 0.2) is 30.3 Å². The first kappa shape index (κ1) is 23.2. The molecule has 2 aromatic rings. The van der Waals surface area contributed by atoms with Gasteiger partial charge < -0.3 is 24.4 Å². The van der Waals surface area contributed by atoms with Gasteiger partial charge in [0, 0.05) is 69.4 Å². The fourth-order valence-corrected chi connectivity index (χ4v) is 6.30. The molecule has 3 aliphatic heterocycles. The second-order valence-electron chi connectivity index (χ2n) is 10.1. The molecule has 0 radical (unpaired) electrons. The number of aromatic carboxylic acids is 1. The van der Waals surface area contributed by atoms with Crippen molar-refractivity contribution in [3.05, 3.63) is 47.0 Å². The number of rotatable bonds is 5. The zero-order valence-corrected chi connectivity index (χ0v) is 20.6. The summed E-state index contributed by atoms with van der Waals surface area (Å²) in [5.41, 5.74) is 7.12. The molecule has 0 saturated carbocycles. The van der Waals surface area contributed by atoms with Gasteiger partial charge in [-0.05, 0) is 80.0 Å². The van der Waals surface area contributed by atoms with Crippen molar-refractivity contribution in [3.8, 4) is 11.1 Å². The maximum absolute atomic E-state index is 12.2. The van der Waals surface area contributed by atoms with Gasteiger partial charge in [0.2, 0.25) is 0 Å². The maximum atomic E-state index is 12.2. The largest absolute Gasteiger partial charge is 0.478 e. The van der Waals surface area contributed by atoms with Gasteiger partial charge in [-0.1, -0.05) is 12.1 Å². The zero-order valence-electron chi connectivity index (χ0n) is 20.6. The van der Waals surface area contributed by atoms with E-state index in [1.807, 2.05) is 13.0 Å². The van der Waals surface area contributed by atoms with E-state index in [0.717, 1.165) is 87.6 Å². The first-order valence-electron chi connectivity index (χ1n) is 12.6. The third-order valence-corrected chi connectivity index (χ3v) is 8.20. The van der Waals surface area contributed by atoms with Crippen molar-refractivity contribution >= 4 is 17.3 Å². The number of carbonyl (C=O) groups is 1. The first-order chi connectivity index (χ1) is 16.4. The van der Waals surface area contributed by atoms with Crippen molar-refractivity contribution in [1.82, 2.24) is 0 Å². The van der Waals surface area contributed by atoms with Gasteiger partial charge in [0.05, 0.1) is 5.56 Å². The van der Waals surface area contributed by atoms with E-state index in [4.69, 9.17) is 9.47 Å². The van der Waals surface area contributed by atoms with Gasteiger partial charge in [0.15, 0.2) is 0 Å². The molecule has 34 heavy (non-hydrogen) atoms. The number of hydrogen-bond acceptors (Lipinski definition) is 5. The summed E-state index contributed by atoms with van der Waals surface area (Å²) in [4.78, 5) is 17.0. The molecule has 0 atom stereocenters. The van der Waals surface area contributed by atoms with Crippen molar-refractivity contribution < 1.29 is 19.4 Å². The lowest BCUT2D eigenvalue weighted by Crippen LogP contribution is -2.40. The predicted molar refractivity (Wildman–Crippen MR) is 135 cm³/mol. The Bertz CT molecular complexity index is 1070. The van der Waals surface area contributed by atoms with E-state index >= 15 is 0 Å². The van der Waals surface area contributed by atoms with Crippen LogP contribution in [0.4, 0.5) is 11.4 Å². The Kier molecular flexibility index (Phi) is 6.30. The van der Waals surface area contributed by atoms with Gasteiger partial charge in [-0.15, -0.1) is 0 Å². The molecule has 1 spiro atoms. The van der Waals surface area contributed by atoms with Crippen LogP contribution >= 0.6 is 0 Å². The van der Waals surface area contributed by atoms with Crippen molar-refractivity contribution in [3.63, 3.8) is 0 Å². The van der Waals surface area contributed by atoms with Gasteiger partial charge in [-0.3, -0.25) is 0 Å². The standard InChI is InChI=1S/C28H36N2O4/c1-4-30(22-7-11-33-12-8-22)25-17-21(15-23(19(25)2)27(31)32)20-5-6-24-26(16-20)29(3)18-28(24)9-13-34-14-10-28/h5-6,15-17,22H,4,7-14,18H2,1-3H3,(H,31,32). The van der Waals surface area contributed by atoms with E-state index in [-0.39, 0.29) is 5.41 Å². The van der Waals surface area contributed by atoms with E-state index in [0.29, 0.717) is 11.6 Å². The van der Waals surface area contributed by atoms with Gasteiger partial charge in [-0.25, -0.2) is 4.79 Å². The molecule has 0 amide bonds. The highest BCUT2D eigenvalue weighted by Crippen LogP contribution is 2.47. The lowest BCUT2D eigenvalue weighted by atomic mass is 9.75. The Hall–Kier alpha value is -2.57. The average molecular weight is 465 g/mol. The molecule has 3 heterocycles. The van der Waals surface area contributed by atoms with Gasteiger partial charge >= 0.3 is 5.97 Å². The minimum atomic E-state index is -0.872. The average Bonchev–Trinajstić information content (AvgIpc) is 3.11. The van der Waals surface area contributed by atoms with Crippen LogP contribution in [0.5, 0.6) is 0 Å². The van der Waals surface area contributed by atoms with Crippen LogP contribution in [0.25, 0.3) is 11.1 Å². The molecule has 6 nitrogen and oxygen atoms in total. The molecule has 5 rings (SSSR count). The third kappa shape index (κ3) is 3.97. The molecule has 2 aromatic carbocycles. The monoisotopic (exact) mass is 464 g/mol. The molecule has 3 aliphatic rings. The van der Waals surface area contributed by atoms with Crippen LogP contribution in [0, 0.1) is 6.92 Å². The summed E-state index contributed by atoms with van der Waals surface area (Å²) in [7, 11) is 2.17. The number of ether oxygens (including phenoxy) is 2. The van der Waals surface area contributed by atoms with E-state index in [9.17, 15) is 9.90 Å². The molecule has 2 saturated heterocycles. The van der Waals surface area contributed by atoms with Crippen LogP contribution < -0.4 is 9.80 Å². The fourth-order valence-electron chi connectivity index (χ4n) is 6.30. The number of benzene rings is 2. The highest BCUT2D eigenvalue weighted by Gasteiger charge is 2.42. The Morgan fingerprint density at radius 3 is 2.47 bits per heavy atom. The molecule has 2 fully saturated rings. The normalized spacial score (nSPS) is 19.9. The second-order valence-corrected chi connectivity index (χ2v) is 10.1. The molecule has 0 aliphatic carbocycles. The molecule has 6 heteroatoms. The Labute approximate surface area is 202 Å². The number of nitrogens with zero attached hydrogens (tertiary/aromatic N) is 2. The van der Waals surface area contributed by atoms with Crippen molar-refractivity contribution in [2.24, 2.45) is 0 Å². The van der Waals surface area contributed by atoms with Crippen molar-refractivity contribution in [2.75, 3.05) is 56.4 Å². The Balaban J connectivity index is 1.58. The molecular weight excluding hydrogens is 428 g/mol. The number of carboxylic acid groups (broad SMARTS) is 1. The van der Waals surface area contributed by atoms with Crippen LogP contribution in [-0.4, -0.2) is 63.7 Å². The number of hydrogen-bond donors (Lipinski definition) is 1. The van der Waals surface area contributed by atoms with Gasteiger partial charge in [0.1, 0.15) is 0 Å². The van der Waals surface area contributed by atoms with Crippen LogP contribution in [0.1, 0.15) is 54.1 Å². The van der Waals surface area contributed by atoms with Crippen LogP contribution in [-0.2, 0) is 14.9 Å². The Morgan fingerprint density at radius 2 is 1.79 bits per heavy atom. The van der Waals surface area contributed by atoms with E-state index in [2.05, 4.69) is 48.0 Å². The molecule has 0 bridgehead atoms. The van der Waals surface area contributed by atoms with Crippen molar-refractivity contribution in [2.45, 2.75) is 51.0 Å². The van der Waals surface area contributed by atoms with E-state index in [1.165, 1.54) is 11.3 Å². The lowest BCUT2D eigenvalue weighted by molar-refractivity contribution is 0.0556. The maximum Gasteiger partial charge on any atom is 0.336 e. The SMILES string of the molecule is CCN(c1cc(-c2ccc3c(c2)N(C)CC32CCOCC2)cc(C(=O)O)c1C)C1CCOCC1. The summed E-state index contributed by atoms with van der Waals surface area (Å²) in [6.45, 7) is 9.10. The summed E-state index contributed by atoms with van der Waals surface area (Å²) < 4.78 is 11.2. The Morgan fingerprint density at radius 1 is 1.09 bits per heavy atom. The predicted octanol–water partition coefficient (Wildman–Crippen LogP) is 4.86. The number of anilines is 2. The van der Waals surface area contributed by atoms with Crippen molar-refractivity contribution in [1.29, 1.82) is 0 Å². The van der Waals surface area contributed by atoms with E-state index in [1.54, 1.807) is 0 Å². The van der Waals surface area contributed by atoms with Gasteiger partial charge in [0.25, 0.3) is 0 Å². The van der Waals surface area contributed by atoms with E-state index < -0.39 is 5.97 Å².